The van der Waals surface area contributed by atoms with Crippen LogP contribution in [0.3, 0.4) is 0 Å². The third kappa shape index (κ3) is 5.70. The van der Waals surface area contributed by atoms with E-state index in [1.165, 1.54) is 17.5 Å². The van der Waals surface area contributed by atoms with Crippen molar-refractivity contribution in [2.24, 2.45) is 0 Å². The number of hydrogen-bond acceptors (Lipinski definition) is 8. The summed E-state index contributed by atoms with van der Waals surface area (Å²) in [5.74, 6) is 0.187. The Balaban J connectivity index is 1.74. The van der Waals surface area contributed by atoms with E-state index in [-0.39, 0.29) is 5.91 Å². The summed E-state index contributed by atoms with van der Waals surface area (Å²) in [4.78, 5) is 33.8. The Morgan fingerprint density at radius 2 is 2.06 bits per heavy atom. The number of nitrogens with one attached hydrogen (secondary N) is 2. The molecule has 0 atom stereocenters. The minimum Gasteiger partial charge on any atom is -0.428 e. The standard InChI is InChI=1S/C23H25N5O3S/c1-4-28(5-2)19-9-8-17(21(12-19)31-15-29)11-16(3)20-14-32-23(25-20)27-26-22(30)18-7-6-10-24-13-18/h6-15H,4-5H2,1-3H3,(H,25,27)(H,26,30)/b16-11+. The van der Waals surface area contributed by atoms with Gasteiger partial charge in [0, 0.05) is 48.2 Å². The minimum absolute atomic E-state index is 0.300. The van der Waals surface area contributed by atoms with E-state index in [0.29, 0.717) is 22.9 Å². The zero-order chi connectivity index (χ0) is 22.9. The molecule has 1 amide bonds. The lowest BCUT2D eigenvalue weighted by atomic mass is 10.1. The second kappa shape index (κ2) is 11.1. The van der Waals surface area contributed by atoms with Gasteiger partial charge >= 0.3 is 0 Å². The van der Waals surface area contributed by atoms with Crippen LogP contribution in [0.2, 0.25) is 0 Å². The highest BCUT2D eigenvalue weighted by Crippen LogP contribution is 2.30. The van der Waals surface area contributed by atoms with E-state index in [1.54, 1.807) is 18.3 Å². The first-order chi connectivity index (χ1) is 15.5. The Morgan fingerprint density at radius 1 is 1.25 bits per heavy atom. The molecule has 1 aromatic carbocycles. The van der Waals surface area contributed by atoms with E-state index in [9.17, 15) is 9.59 Å². The van der Waals surface area contributed by atoms with E-state index < -0.39 is 0 Å². The quantitative estimate of drug-likeness (QED) is 0.352. The predicted octanol–water partition coefficient (Wildman–Crippen LogP) is 4.24. The van der Waals surface area contributed by atoms with Crippen LogP contribution < -0.4 is 20.5 Å². The molecule has 0 bridgehead atoms. The number of benzene rings is 1. The molecule has 0 fully saturated rings. The van der Waals surface area contributed by atoms with Gasteiger partial charge in [-0.25, -0.2) is 4.98 Å². The fraction of sp³-hybridized carbons (Fsp3) is 0.217. The molecule has 0 saturated carbocycles. The SMILES string of the molecule is CCN(CC)c1ccc(/C=C(\C)c2csc(NNC(=O)c3cccnc3)n2)c(OC=O)c1. The van der Waals surface area contributed by atoms with E-state index >= 15 is 0 Å². The molecule has 0 aliphatic carbocycles. The average Bonchev–Trinajstić information content (AvgIpc) is 3.30. The summed E-state index contributed by atoms with van der Waals surface area (Å²) in [5.41, 5.74) is 9.28. The number of anilines is 2. The Labute approximate surface area is 190 Å². The van der Waals surface area contributed by atoms with Gasteiger partial charge < -0.3 is 9.64 Å². The van der Waals surface area contributed by atoms with Gasteiger partial charge in [-0.3, -0.25) is 25.4 Å². The smallest absolute Gasteiger partial charge is 0.298 e. The normalized spacial score (nSPS) is 11.0. The maximum atomic E-state index is 12.1. The van der Waals surface area contributed by atoms with Gasteiger partial charge in [-0.05, 0) is 56.7 Å². The van der Waals surface area contributed by atoms with Gasteiger partial charge in [0.05, 0.1) is 11.3 Å². The fourth-order valence-electron chi connectivity index (χ4n) is 3.08. The van der Waals surface area contributed by atoms with Crippen LogP contribution in [0.5, 0.6) is 5.75 Å². The molecule has 3 aromatic rings. The molecule has 0 saturated heterocycles. The fourth-order valence-corrected chi connectivity index (χ4v) is 3.80. The first kappa shape index (κ1) is 23.0. The lowest BCUT2D eigenvalue weighted by molar-refractivity contribution is -0.120. The van der Waals surface area contributed by atoms with Crippen LogP contribution in [-0.2, 0) is 4.79 Å². The Hall–Kier alpha value is -3.72. The third-order valence-corrected chi connectivity index (χ3v) is 5.55. The van der Waals surface area contributed by atoms with Crippen molar-refractivity contribution in [3.05, 3.63) is 64.9 Å². The van der Waals surface area contributed by atoms with Gasteiger partial charge in [-0.2, -0.15) is 0 Å². The van der Waals surface area contributed by atoms with E-state index in [2.05, 4.69) is 39.6 Å². The number of rotatable bonds is 10. The van der Waals surface area contributed by atoms with Crippen LogP contribution in [0.1, 0.15) is 42.4 Å². The highest BCUT2D eigenvalue weighted by molar-refractivity contribution is 7.13. The monoisotopic (exact) mass is 451 g/mol. The molecule has 9 heteroatoms. The van der Waals surface area contributed by atoms with Crippen molar-refractivity contribution >= 4 is 46.2 Å². The van der Waals surface area contributed by atoms with Crippen molar-refractivity contribution in [1.82, 2.24) is 15.4 Å². The number of amides is 1. The Morgan fingerprint density at radius 3 is 2.75 bits per heavy atom. The van der Waals surface area contributed by atoms with E-state index in [0.717, 1.165) is 35.6 Å². The molecule has 8 nitrogen and oxygen atoms in total. The number of allylic oxidation sites excluding steroid dienone is 1. The number of aromatic nitrogens is 2. The third-order valence-electron chi connectivity index (χ3n) is 4.79. The van der Waals surface area contributed by atoms with Crippen LogP contribution >= 0.6 is 11.3 Å². The summed E-state index contributed by atoms with van der Waals surface area (Å²) in [6, 6.07) is 9.17. The zero-order valence-electron chi connectivity index (χ0n) is 18.2. The number of pyridine rings is 1. The topological polar surface area (TPSA) is 96.5 Å². The molecule has 2 aromatic heterocycles. The second-order valence-electron chi connectivity index (χ2n) is 6.79. The zero-order valence-corrected chi connectivity index (χ0v) is 19.0. The van der Waals surface area contributed by atoms with Crippen LogP contribution in [0.25, 0.3) is 11.6 Å². The first-order valence-electron chi connectivity index (χ1n) is 10.2. The van der Waals surface area contributed by atoms with Gasteiger partial charge in [0.2, 0.25) is 5.13 Å². The molecule has 32 heavy (non-hydrogen) atoms. The first-order valence-corrected chi connectivity index (χ1v) is 11.0. The van der Waals surface area contributed by atoms with Crippen molar-refractivity contribution in [3.8, 4) is 5.75 Å². The number of hydrazine groups is 1. The van der Waals surface area contributed by atoms with Crippen LogP contribution in [0, 0.1) is 0 Å². The molecule has 0 unspecified atom stereocenters. The van der Waals surface area contributed by atoms with Gasteiger partial charge in [0.25, 0.3) is 12.4 Å². The molecule has 0 spiro atoms. The van der Waals surface area contributed by atoms with E-state index in [1.807, 2.05) is 36.6 Å². The summed E-state index contributed by atoms with van der Waals surface area (Å²) in [7, 11) is 0. The summed E-state index contributed by atoms with van der Waals surface area (Å²) in [5, 5.41) is 2.43. The van der Waals surface area contributed by atoms with Crippen molar-refractivity contribution in [2.45, 2.75) is 20.8 Å². The van der Waals surface area contributed by atoms with E-state index in [4.69, 9.17) is 4.74 Å². The molecule has 0 radical (unpaired) electrons. The lowest BCUT2D eigenvalue weighted by Crippen LogP contribution is -2.29. The number of nitrogens with zero attached hydrogens (tertiary/aromatic N) is 3. The molecule has 3 rings (SSSR count). The molecule has 0 aliphatic heterocycles. The summed E-state index contributed by atoms with van der Waals surface area (Å²) in [6.45, 7) is 8.23. The Bertz CT molecular complexity index is 1090. The van der Waals surface area contributed by atoms with Crippen molar-refractivity contribution in [1.29, 1.82) is 0 Å². The lowest BCUT2D eigenvalue weighted by Gasteiger charge is -2.21. The molecule has 166 valence electrons. The molecular formula is C23H25N5O3S. The van der Waals surface area contributed by atoms with Gasteiger partial charge in [-0.1, -0.05) is 0 Å². The number of ether oxygens (including phenoxy) is 1. The molecule has 2 N–H and O–H groups in total. The minimum atomic E-state index is -0.300. The highest BCUT2D eigenvalue weighted by Gasteiger charge is 2.11. The van der Waals surface area contributed by atoms with Gasteiger partial charge in [-0.15, -0.1) is 11.3 Å². The van der Waals surface area contributed by atoms with Crippen LogP contribution in [-0.4, -0.2) is 35.4 Å². The van der Waals surface area contributed by atoms with Gasteiger partial charge in [0.1, 0.15) is 5.75 Å². The van der Waals surface area contributed by atoms with Crippen molar-refractivity contribution in [3.63, 3.8) is 0 Å². The number of thiazole rings is 1. The van der Waals surface area contributed by atoms with Gasteiger partial charge in [0.15, 0.2) is 0 Å². The molecule has 2 heterocycles. The summed E-state index contributed by atoms with van der Waals surface area (Å²) < 4.78 is 5.23. The average molecular weight is 452 g/mol. The molecular weight excluding hydrogens is 426 g/mol. The highest BCUT2D eigenvalue weighted by atomic mass is 32.1. The number of hydrogen-bond donors (Lipinski definition) is 2. The van der Waals surface area contributed by atoms with Crippen LogP contribution in [0.4, 0.5) is 10.8 Å². The summed E-state index contributed by atoms with van der Waals surface area (Å²) >= 11 is 1.36. The Kier molecular flexibility index (Phi) is 7.93. The largest absolute Gasteiger partial charge is 0.428 e. The van der Waals surface area contributed by atoms with Crippen molar-refractivity contribution < 1.29 is 14.3 Å². The van der Waals surface area contributed by atoms with Crippen LogP contribution in [0.15, 0.2) is 48.1 Å². The summed E-state index contributed by atoms with van der Waals surface area (Å²) in [6.07, 6.45) is 5.01. The maximum Gasteiger partial charge on any atom is 0.298 e. The molecule has 0 aliphatic rings. The second-order valence-corrected chi connectivity index (χ2v) is 7.65. The number of carbonyl (C=O) groups is 2. The predicted molar refractivity (Wildman–Crippen MR) is 128 cm³/mol. The number of carbonyl (C=O) groups excluding carboxylic acids is 2. The maximum absolute atomic E-state index is 12.1. The van der Waals surface area contributed by atoms with Crippen molar-refractivity contribution in [2.75, 3.05) is 23.4 Å².